The number of aromatic nitrogens is 1. The van der Waals surface area contributed by atoms with Gasteiger partial charge in [-0.15, -0.1) is 0 Å². The van der Waals surface area contributed by atoms with E-state index in [1.807, 2.05) is 9.80 Å². The number of piperidine rings is 2. The van der Waals surface area contributed by atoms with E-state index < -0.39 is 0 Å². The van der Waals surface area contributed by atoms with Crippen molar-refractivity contribution in [1.82, 2.24) is 14.8 Å². The number of aliphatic hydroxyl groups is 1. The quantitative estimate of drug-likeness (QED) is 0.798. The highest BCUT2D eigenvalue weighted by molar-refractivity contribution is 6.29. The SMILES string of the molecule is CC[C@H]1CN(C(=O)c2ccnc(Cl)c2)CC[C@H]1CC(=O)N1CCC(O)CC1. The summed E-state index contributed by atoms with van der Waals surface area (Å²) in [5, 5.41) is 9.93. The van der Waals surface area contributed by atoms with Crippen LogP contribution < -0.4 is 0 Å². The molecule has 2 amide bonds. The van der Waals surface area contributed by atoms with Crippen LogP contribution in [0.1, 0.15) is 49.4 Å². The first-order valence-corrected chi connectivity index (χ1v) is 10.2. The van der Waals surface area contributed by atoms with Crippen LogP contribution in [0.5, 0.6) is 0 Å². The van der Waals surface area contributed by atoms with Crippen molar-refractivity contribution in [2.75, 3.05) is 26.2 Å². The first kappa shape index (κ1) is 20.1. The van der Waals surface area contributed by atoms with E-state index in [1.165, 1.54) is 0 Å². The summed E-state index contributed by atoms with van der Waals surface area (Å²) in [6, 6.07) is 3.29. The molecule has 0 aromatic carbocycles. The predicted molar refractivity (Wildman–Crippen MR) is 103 cm³/mol. The minimum atomic E-state index is -0.270. The Morgan fingerprint density at radius 1 is 1.19 bits per heavy atom. The maximum Gasteiger partial charge on any atom is 0.254 e. The van der Waals surface area contributed by atoms with Crippen LogP contribution in [-0.4, -0.2) is 64.0 Å². The van der Waals surface area contributed by atoms with Gasteiger partial charge in [0.2, 0.25) is 5.91 Å². The average molecular weight is 394 g/mol. The van der Waals surface area contributed by atoms with Crippen molar-refractivity contribution >= 4 is 23.4 Å². The monoisotopic (exact) mass is 393 g/mol. The lowest BCUT2D eigenvalue weighted by Crippen LogP contribution is -2.46. The average Bonchev–Trinajstić information content (AvgIpc) is 2.68. The van der Waals surface area contributed by atoms with Crippen LogP contribution in [0.3, 0.4) is 0 Å². The molecule has 0 unspecified atom stereocenters. The fourth-order valence-corrected chi connectivity index (χ4v) is 4.36. The Labute approximate surface area is 165 Å². The fourth-order valence-electron chi connectivity index (χ4n) is 4.18. The summed E-state index contributed by atoms with van der Waals surface area (Å²) in [7, 11) is 0. The van der Waals surface area contributed by atoms with Gasteiger partial charge < -0.3 is 14.9 Å². The number of carbonyl (C=O) groups is 2. The molecule has 2 fully saturated rings. The number of nitrogens with zero attached hydrogens (tertiary/aromatic N) is 3. The number of aliphatic hydroxyl groups excluding tert-OH is 1. The van der Waals surface area contributed by atoms with Crippen molar-refractivity contribution in [2.45, 2.75) is 45.1 Å². The van der Waals surface area contributed by atoms with Gasteiger partial charge in [0.1, 0.15) is 5.15 Å². The van der Waals surface area contributed by atoms with Crippen molar-refractivity contribution in [3.05, 3.63) is 29.0 Å². The molecule has 0 radical (unpaired) electrons. The number of rotatable bonds is 4. The Hall–Kier alpha value is -1.66. The van der Waals surface area contributed by atoms with Crippen LogP contribution in [0.25, 0.3) is 0 Å². The molecule has 7 heteroatoms. The maximum atomic E-state index is 12.8. The largest absolute Gasteiger partial charge is 0.393 e. The summed E-state index contributed by atoms with van der Waals surface area (Å²) in [5.74, 6) is 0.789. The Balaban J connectivity index is 1.58. The van der Waals surface area contributed by atoms with Gasteiger partial charge in [-0.3, -0.25) is 9.59 Å². The molecule has 0 bridgehead atoms. The first-order chi connectivity index (χ1) is 13.0. The number of pyridine rings is 1. The van der Waals surface area contributed by atoms with Crippen LogP contribution >= 0.6 is 11.6 Å². The fraction of sp³-hybridized carbons (Fsp3) is 0.650. The molecule has 2 atom stereocenters. The molecule has 0 aliphatic carbocycles. The summed E-state index contributed by atoms with van der Waals surface area (Å²) in [4.78, 5) is 33.1. The Morgan fingerprint density at radius 3 is 2.56 bits per heavy atom. The minimum Gasteiger partial charge on any atom is -0.393 e. The number of hydrogen-bond donors (Lipinski definition) is 1. The van der Waals surface area contributed by atoms with Crippen LogP contribution in [0.2, 0.25) is 5.15 Å². The second-order valence-electron chi connectivity index (χ2n) is 7.65. The second-order valence-corrected chi connectivity index (χ2v) is 8.04. The third-order valence-corrected chi connectivity index (χ3v) is 6.14. The molecule has 0 saturated carbocycles. The van der Waals surface area contributed by atoms with Gasteiger partial charge in [-0.25, -0.2) is 4.98 Å². The van der Waals surface area contributed by atoms with Crippen LogP contribution in [0.15, 0.2) is 18.3 Å². The van der Waals surface area contributed by atoms with E-state index in [-0.39, 0.29) is 17.9 Å². The highest BCUT2D eigenvalue weighted by atomic mass is 35.5. The van der Waals surface area contributed by atoms with E-state index in [2.05, 4.69) is 11.9 Å². The molecule has 1 N–H and O–H groups in total. The Kier molecular flexibility index (Phi) is 6.71. The molecule has 1 aromatic heterocycles. The molecule has 2 aliphatic rings. The molecular formula is C20H28ClN3O3. The zero-order chi connectivity index (χ0) is 19.4. The Morgan fingerprint density at radius 2 is 1.89 bits per heavy atom. The first-order valence-electron chi connectivity index (χ1n) is 9.84. The lowest BCUT2D eigenvalue weighted by molar-refractivity contribution is -0.135. The molecule has 6 nitrogen and oxygen atoms in total. The molecule has 0 spiro atoms. The topological polar surface area (TPSA) is 73.7 Å². The van der Waals surface area contributed by atoms with E-state index in [4.69, 9.17) is 11.6 Å². The highest BCUT2D eigenvalue weighted by Gasteiger charge is 2.33. The zero-order valence-electron chi connectivity index (χ0n) is 15.8. The van der Waals surface area contributed by atoms with Crippen molar-refractivity contribution in [3.63, 3.8) is 0 Å². The lowest BCUT2D eigenvalue weighted by atomic mass is 9.81. The molecule has 148 valence electrons. The van der Waals surface area contributed by atoms with Crippen LogP contribution in [0.4, 0.5) is 0 Å². The normalized spacial score (nSPS) is 24.1. The van der Waals surface area contributed by atoms with Crippen molar-refractivity contribution in [1.29, 1.82) is 0 Å². The zero-order valence-corrected chi connectivity index (χ0v) is 16.6. The van der Waals surface area contributed by atoms with E-state index >= 15 is 0 Å². The summed E-state index contributed by atoms with van der Waals surface area (Å²) in [6.45, 7) is 4.75. The van der Waals surface area contributed by atoms with Gasteiger partial charge in [0.25, 0.3) is 5.91 Å². The van der Waals surface area contributed by atoms with Crippen molar-refractivity contribution in [3.8, 4) is 0 Å². The molecular weight excluding hydrogens is 366 g/mol. The van der Waals surface area contributed by atoms with Gasteiger partial charge in [-0.2, -0.15) is 0 Å². The van der Waals surface area contributed by atoms with Gasteiger partial charge in [-0.1, -0.05) is 24.9 Å². The van der Waals surface area contributed by atoms with Crippen LogP contribution in [-0.2, 0) is 4.79 Å². The number of likely N-dealkylation sites (tertiary alicyclic amines) is 2. The van der Waals surface area contributed by atoms with E-state index in [1.54, 1.807) is 18.3 Å². The molecule has 3 rings (SSSR count). The minimum absolute atomic E-state index is 0.0208. The second kappa shape index (κ2) is 9.02. The van der Waals surface area contributed by atoms with E-state index in [0.717, 1.165) is 12.8 Å². The number of halogens is 1. The molecule has 2 aliphatic heterocycles. The number of amides is 2. The third-order valence-electron chi connectivity index (χ3n) is 5.93. The number of hydrogen-bond acceptors (Lipinski definition) is 4. The van der Waals surface area contributed by atoms with Crippen LogP contribution in [0, 0.1) is 11.8 Å². The van der Waals surface area contributed by atoms with Gasteiger partial charge in [0.05, 0.1) is 6.10 Å². The molecule has 2 saturated heterocycles. The summed E-state index contributed by atoms with van der Waals surface area (Å²) >= 11 is 5.91. The standard InChI is InChI=1S/C20H28ClN3O3/c1-2-14-13-24(20(27)16-3-7-22-18(21)11-16)8-4-15(14)12-19(26)23-9-5-17(25)6-10-23/h3,7,11,14-15,17,25H,2,4-6,8-10,12-13H2,1H3/t14-,15-/m0/s1. The molecule has 1 aromatic rings. The van der Waals surface area contributed by atoms with E-state index in [0.29, 0.717) is 68.0 Å². The molecule has 3 heterocycles. The summed E-state index contributed by atoms with van der Waals surface area (Å²) in [5.41, 5.74) is 0.561. The van der Waals surface area contributed by atoms with Crippen molar-refractivity contribution in [2.24, 2.45) is 11.8 Å². The van der Waals surface area contributed by atoms with Gasteiger partial charge >= 0.3 is 0 Å². The van der Waals surface area contributed by atoms with Gasteiger partial charge in [0, 0.05) is 44.4 Å². The number of carbonyl (C=O) groups excluding carboxylic acids is 2. The van der Waals surface area contributed by atoms with E-state index in [9.17, 15) is 14.7 Å². The lowest BCUT2D eigenvalue weighted by Gasteiger charge is -2.39. The Bertz CT molecular complexity index is 676. The summed E-state index contributed by atoms with van der Waals surface area (Å²) in [6.07, 6.45) is 4.94. The van der Waals surface area contributed by atoms with Gasteiger partial charge in [0.15, 0.2) is 0 Å². The summed E-state index contributed by atoms with van der Waals surface area (Å²) < 4.78 is 0. The van der Waals surface area contributed by atoms with Crippen molar-refractivity contribution < 1.29 is 14.7 Å². The van der Waals surface area contributed by atoms with Gasteiger partial charge in [-0.05, 0) is 43.2 Å². The third kappa shape index (κ3) is 4.99. The highest BCUT2D eigenvalue weighted by Crippen LogP contribution is 2.31. The smallest absolute Gasteiger partial charge is 0.254 e. The molecule has 27 heavy (non-hydrogen) atoms. The maximum absolute atomic E-state index is 12.8. The predicted octanol–water partition coefficient (Wildman–Crippen LogP) is 2.60.